The van der Waals surface area contributed by atoms with Crippen molar-refractivity contribution in [2.45, 2.75) is 12.9 Å². The van der Waals surface area contributed by atoms with Gasteiger partial charge in [0, 0.05) is 12.2 Å². The Kier molecular flexibility index (Phi) is 4.33. The lowest BCUT2D eigenvalue weighted by molar-refractivity contribution is -0.274. The molecule has 2 aromatic carbocycles. The number of ether oxygens (including phenoxy) is 1. The fourth-order valence-corrected chi connectivity index (χ4v) is 1.76. The molecule has 108 valence electrons. The van der Waals surface area contributed by atoms with Gasteiger partial charge in [0.15, 0.2) is 0 Å². The quantitative estimate of drug-likeness (QED) is 0.924. The summed E-state index contributed by atoms with van der Waals surface area (Å²) >= 11 is 0. The Morgan fingerprint density at radius 3 is 2.33 bits per heavy atom. The average molecular weight is 292 g/mol. The first-order valence-corrected chi connectivity index (χ1v) is 6.05. The summed E-state index contributed by atoms with van der Waals surface area (Å²) in [5.41, 5.74) is 2.01. The van der Waals surface area contributed by atoms with Crippen molar-refractivity contribution in [2.24, 2.45) is 0 Å². The lowest BCUT2D eigenvalue weighted by atomic mass is 10.1. The van der Waals surface area contributed by atoms with E-state index in [1.54, 1.807) is 12.1 Å². The van der Waals surface area contributed by atoms with Gasteiger partial charge < -0.3 is 10.1 Å². The fourth-order valence-electron chi connectivity index (χ4n) is 1.76. The minimum atomic E-state index is -4.69. The van der Waals surface area contributed by atoms with E-state index in [0.29, 0.717) is 17.8 Å². The minimum absolute atomic E-state index is 0.273. The largest absolute Gasteiger partial charge is 0.573 e. The molecule has 0 saturated carbocycles. The first-order valence-electron chi connectivity index (χ1n) is 6.05. The van der Waals surface area contributed by atoms with Crippen LogP contribution in [0.3, 0.4) is 0 Å². The van der Waals surface area contributed by atoms with E-state index in [-0.39, 0.29) is 5.75 Å². The molecule has 0 spiro atoms. The van der Waals surface area contributed by atoms with Crippen LogP contribution in [0.2, 0.25) is 0 Å². The van der Waals surface area contributed by atoms with Crippen molar-refractivity contribution in [3.63, 3.8) is 0 Å². The summed E-state index contributed by atoms with van der Waals surface area (Å²) in [5, 5.41) is 12.0. The molecule has 0 saturated heterocycles. The second-order valence-corrected chi connectivity index (χ2v) is 4.19. The van der Waals surface area contributed by atoms with Crippen LogP contribution in [0.5, 0.6) is 5.75 Å². The smallest absolute Gasteiger partial charge is 0.406 e. The summed E-state index contributed by atoms with van der Waals surface area (Å²) in [4.78, 5) is 0. The molecule has 0 fully saturated rings. The highest BCUT2D eigenvalue weighted by Gasteiger charge is 2.30. The van der Waals surface area contributed by atoms with Crippen molar-refractivity contribution in [3.8, 4) is 11.8 Å². The number of nitrogens with zero attached hydrogens (tertiary/aromatic N) is 1. The highest BCUT2D eigenvalue weighted by molar-refractivity contribution is 5.48. The Labute approximate surface area is 119 Å². The lowest BCUT2D eigenvalue weighted by Gasteiger charge is -2.11. The Morgan fingerprint density at radius 2 is 1.71 bits per heavy atom. The second-order valence-electron chi connectivity index (χ2n) is 4.19. The fraction of sp³-hybridized carbons (Fsp3) is 0.133. The summed E-state index contributed by atoms with van der Waals surface area (Å²) in [5.74, 6) is -0.273. The molecular weight excluding hydrogens is 281 g/mol. The van der Waals surface area contributed by atoms with Crippen molar-refractivity contribution < 1.29 is 17.9 Å². The van der Waals surface area contributed by atoms with Gasteiger partial charge in [0.25, 0.3) is 0 Å². The molecule has 21 heavy (non-hydrogen) atoms. The predicted molar refractivity (Wildman–Crippen MR) is 71.6 cm³/mol. The molecular formula is C15H11F3N2O. The van der Waals surface area contributed by atoms with Crippen LogP contribution in [0.4, 0.5) is 18.9 Å². The van der Waals surface area contributed by atoms with Crippen molar-refractivity contribution in [3.05, 3.63) is 59.7 Å². The van der Waals surface area contributed by atoms with E-state index in [2.05, 4.69) is 16.1 Å². The van der Waals surface area contributed by atoms with Gasteiger partial charge in [-0.3, -0.25) is 0 Å². The summed E-state index contributed by atoms with van der Waals surface area (Å²) in [6.07, 6.45) is -4.69. The third-order valence-corrected chi connectivity index (χ3v) is 2.71. The van der Waals surface area contributed by atoms with Crippen LogP contribution >= 0.6 is 0 Å². The van der Waals surface area contributed by atoms with Crippen LogP contribution in [0.15, 0.2) is 48.5 Å². The standard InChI is InChI=1S/C15H11F3N2O/c16-15(17,18)21-14-7-5-13(6-8-14)20-10-12-4-2-1-3-11(12)9-19/h1-8,20H,10H2. The second kappa shape index (κ2) is 6.18. The van der Waals surface area contributed by atoms with Crippen molar-refractivity contribution in [1.82, 2.24) is 0 Å². The number of nitriles is 1. The molecule has 0 unspecified atom stereocenters. The maximum Gasteiger partial charge on any atom is 0.573 e. The topological polar surface area (TPSA) is 45.0 Å². The van der Waals surface area contributed by atoms with Gasteiger partial charge in [0.2, 0.25) is 0 Å². The number of halogens is 3. The van der Waals surface area contributed by atoms with Crippen LogP contribution in [0.25, 0.3) is 0 Å². The lowest BCUT2D eigenvalue weighted by Crippen LogP contribution is -2.17. The Balaban J connectivity index is 2.00. The van der Waals surface area contributed by atoms with Gasteiger partial charge in [0.1, 0.15) is 5.75 Å². The van der Waals surface area contributed by atoms with Crippen LogP contribution in [-0.2, 0) is 6.54 Å². The monoisotopic (exact) mass is 292 g/mol. The number of hydrogen-bond donors (Lipinski definition) is 1. The average Bonchev–Trinajstić information content (AvgIpc) is 2.45. The van der Waals surface area contributed by atoms with Crippen LogP contribution in [0.1, 0.15) is 11.1 Å². The van der Waals surface area contributed by atoms with Crippen molar-refractivity contribution in [2.75, 3.05) is 5.32 Å². The van der Waals surface area contributed by atoms with Crippen LogP contribution in [-0.4, -0.2) is 6.36 Å². The number of alkyl halides is 3. The van der Waals surface area contributed by atoms with E-state index in [4.69, 9.17) is 5.26 Å². The summed E-state index contributed by atoms with van der Waals surface area (Å²) in [6.45, 7) is 0.406. The molecule has 0 bridgehead atoms. The first kappa shape index (κ1) is 14.7. The van der Waals surface area contributed by atoms with Gasteiger partial charge in [-0.1, -0.05) is 18.2 Å². The zero-order valence-electron chi connectivity index (χ0n) is 10.8. The van der Waals surface area contributed by atoms with E-state index >= 15 is 0 Å². The van der Waals surface area contributed by atoms with Gasteiger partial charge in [-0.2, -0.15) is 5.26 Å². The molecule has 0 aliphatic rings. The molecule has 0 radical (unpaired) electrons. The van der Waals surface area contributed by atoms with E-state index in [0.717, 1.165) is 5.56 Å². The normalized spacial score (nSPS) is 10.8. The summed E-state index contributed by atoms with van der Waals surface area (Å²) < 4.78 is 39.9. The Hall–Kier alpha value is -2.68. The Morgan fingerprint density at radius 1 is 1.05 bits per heavy atom. The molecule has 0 aliphatic carbocycles. The van der Waals surface area contributed by atoms with Crippen LogP contribution < -0.4 is 10.1 Å². The number of benzene rings is 2. The molecule has 6 heteroatoms. The maximum absolute atomic E-state index is 12.0. The third-order valence-electron chi connectivity index (χ3n) is 2.71. The highest BCUT2D eigenvalue weighted by atomic mass is 19.4. The van der Waals surface area contributed by atoms with Crippen LogP contribution in [0, 0.1) is 11.3 Å². The maximum atomic E-state index is 12.0. The molecule has 1 N–H and O–H groups in total. The predicted octanol–water partition coefficient (Wildman–Crippen LogP) is 4.07. The highest BCUT2D eigenvalue weighted by Crippen LogP contribution is 2.24. The molecule has 3 nitrogen and oxygen atoms in total. The van der Waals surface area contributed by atoms with Crippen molar-refractivity contribution >= 4 is 5.69 Å². The number of rotatable bonds is 4. The molecule has 0 aromatic heterocycles. The van der Waals surface area contributed by atoms with Gasteiger partial charge in [-0.05, 0) is 35.9 Å². The minimum Gasteiger partial charge on any atom is -0.406 e. The van der Waals surface area contributed by atoms with Gasteiger partial charge in [0.05, 0.1) is 11.6 Å². The number of nitrogens with one attached hydrogen (secondary N) is 1. The number of anilines is 1. The summed E-state index contributed by atoms with van der Waals surface area (Å²) in [7, 11) is 0. The van der Waals surface area contributed by atoms with Gasteiger partial charge >= 0.3 is 6.36 Å². The molecule has 0 heterocycles. The van der Waals surface area contributed by atoms with E-state index < -0.39 is 6.36 Å². The first-order chi connectivity index (χ1) is 9.98. The van der Waals surface area contributed by atoms with E-state index in [9.17, 15) is 13.2 Å². The summed E-state index contributed by atoms with van der Waals surface area (Å²) in [6, 6.07) is 14.6. The van der Waals surface area contributed by atoms with Gasteiger partial charge in [-0.15, -0.1) is 13.2 Å². The molecule has 0 amide bonds. The Bertz CT molecular complexity index is 645. The zero-order valence-corrected chi connectivity index (χ0v) is 10.8. The molecule has 0 aliphatic heterocycles. The third kappa shape index (κ3) is 4.42. The van der Waals surface area contributed by atoms with E-state index in [1.807, 2.05) is 12.1 Å². The molecule has 2 rings (SSSR count). The molecule has 2 aromatic rings. The van der Waals surface area contributed by atoms with Crippen molar-refractivity contribution in [1.29, 1.82) is 5.26 Å². The van der Waals surface area contributed by atoms with Gasteiger partial charge in [-0.25, -0.2) is 0 Å². The number of hydrogen-bond acceptors (Lipinski definition) is 3. The zero-order chi connectivity index (χ0) is 15.3. The van der Waals surface area contributed by atoms with E-state index in [1.165, 1.54) is 24.3 Å². The molecule has 0 atom stereocenters. The SMILES string of the molecule is N#Cc1ccccc1CNc1ccc(OC(F)(F)F)cc1.